The fraction of sp³-hybridized carbons (Fsp3) is 0.818. The first-order chi connectivity index (χ1) is 8.52. The van der Waals surface area contributed by atoms with Crippen molar-refractivity contribution in [2.45, 2.75) is 31.7 Å². The highest BCUT2D eigenvalue weighted by Crippen LogP contribution is 2.29. The van der Waals surface area contributed by atoms with Gasteiger partial charge in [-0.25, -0.2) is 9.59 Å². The lowest BCUT2D eigenvalue weighted by molar-refractivity contribution is -0.141. The third-order valence-electron chi connectivity index (χ3n) is 2.97. The summed E-state index contributed by atoms with van der Waals surface area (Å²) in [7, 11) is 0. The number of carbonyl (C=O) groups is 2. The largest absolute Gasteiger partial charge is 0.480 e. The van der Waals surface area contributed by atoms with Crippen LogP contribution in [-0.2, 0) is 4.79 Å². The molecule has 1 fully saturated rings. The maximum Gasteiger partial charge on any atom is 0.327 e. The number of urea groups is 1. The van der Waals surface area contributed by atoms with E-state index in [1.807, 2.05) is 13.8 Å². The van der Waals surface area contributed by atoms with Gasteiger partial charge >= 0.3 is 12.0 Å². The molecule has 1 aliphatic rings. The number of aliphatic carboxylic acids is 1. The number of amides is 2. The van der Waals surface area contributed by atoms with Gasteiger partial charge in [0, 0.05) is 25.4 Å². The molecule has 0 aromatic rings. The van der Waals surface area contributed by atoms with Crippen molar-refractivity contribution in [1.82, 2.24) is 9.80 Å². The van der Waals surface area contributed by atoms with Crippen LogP contribution in [0.5, 0.6) is 0 Å². The van der Waals surface area contributed by atoms with Gasteiger partial charge in [-0.15, -0.1) is 11.8 Å². The first kappa shape index (κ1) is 15.1. The fourth-order valence-corrected chi connectivity index (χ4v) is 3.10. The Morgan fingerprint density at radius 3 is 2.67 bits per heavy atom. The van der Waals surface area contributed by atoms with Gasteiger partial charge < -0.3 is 15.1 Å². The van der Waals surface area contributed by atoms with Gasteiger partial charge in [-0.2, -0.15) is 0 Å². The summed E-state index contributed by atoms with van der Waals surface area (Å²) >= 11 is 1.47. The number of carbonyl (C=O) groups excluding carboxylic acids is 1. The highest BCUT2D eigenvalue weighted by molar-refractivity contribution is 8.00. The minimum Gasteiger partial charge on any atom is -0.480 e. The summed E-state index contributed by atoms with van der Waals surface area (Å²) in [4.78, 5) is 26.4. The van der Waals surface area contributed by atoms with Gasteiger partial charge in [0.05, 0.1) is 5.37 Å². The van der Waals surface area contributed by atoms with Gasteiger partial charge in [0.25, 0.3) is 0 Å². The number of carboxylic acid groups (broad SMARTS) is 1. The molecule has 7 heteroatoms. The number of carboxylic acids is 1. The van der Waals surface area contributed by atoms with Crippen molar-refractivity contribution in [2.24, 2.45) is 0 Å². The smallest absolute Gasteiger partial charge is 0.327 e. The predicted molar refractivity (Wildman–Crippen MR) is 69.5 cm³/mol. The molecule has 0 radical (unpaired) electrons. The number of hydrogen-bond acceptors (Lipinski definition) is 4. The number of thioether (sulfide) groups is 1. The van der Waals surface area contributed by atoms with Crippen LogP contribution in [0, 0.1) is 0 Å². The van der Waals surface area contributed by atoms with Crippen molar-refractivity contribution >= 4 is 23.8 Å². The van der Waals surface area contributed by atoms with E-state index in [0.29, 0.717) is 25.3 Å². The third-order valence-corrected chi connectivity index (χ3v) is 4.18. The highest BCUT2D eigenvalue weighted by Gasteiger charge is 2.40. The van der Waals surface area contributed by atoms with E-state index in [4.69, 9.17) is 10.2 Å². The van der Waals surface area contributed by atoms with Crippen LogP contribution in [0.25, 0.3) is 0 Å². The number of rotatable bonds is 5. The topological polar surface area (TPSA) is 81.1 Å². The van der Waals surface area contributed by atoms with Crippen LogP contribution >= 0.6 is 11.8 Å². The average Bonchev–Trinajstić information content (AvgIpc) is 2.72. The number of nitrogens with zero attached hydrogens (tertiary/aromatic N) is 2. The maximum absolute atomic E-state index is 12.3. The molecule has 0 bridgehead atoms. The Kier molecular flexibility index (Phi) is 5.74. The van der Waals surface area contributed by atoms with Crippen molar-refractivity contribution in [2.75, 3.05) is 25.4 Å². The molecule has 0 saturated carbocycles. The quantitative estimate of drug-likeness (QED) is 0.771. The monoisotopic (exact) mass is 276 g/mol. The molecule has 1 saturated heterocycles. The van der Waals surface area contributed by atoms with Crippen LogP contribution in [0.3, 0.4) is 0 Å². The first-order valence-corrected chi connectivity index (χ1v) is 7.10. The molecule has 0 spiro atoms. The predicted octanol–water partition coefficient (Wildman–Crippen LogP) is 0.659. The summed E-state index contributed by atoms with van der Waals surface area (Å²) in [6.07, 6.45) is 0.507. The summed E-state index contributed by atoms with van der Waals surface area (Å²) in [5.41, 5.74) is 0. The number of aliphatic hydroxyl groups is 1. The summed E-state index contributed by atoms with van der Waals surface area (Å²) in [5.74, 6) is -0.529. The van der Waals surface area contributed by atoms with Crippen molar-refractivity contribution in [3.8, 4) is 0 Å². The molecular weight excluding hydrogens is 256 g/mol. The number of aliphatic hydroxyl groups excluding tert-OH is 1. The molecule has 1 aliphatic heterocycles. The Hall–Kier alpha value is -0.950. The van der Waals surface area contributed by atoms with Crippen molar-refractivity contribution in [3.63, 3.8) is 0 Å². The molecule has 2 amide bonds. The van der Waals surface area contributed by atoms with Crippen LogP contribution in [0.15, 0.2) is 0 Å². The Balaban J connectivity index is 2.75. The molecule has 1 heterocycles. The lowest BCUT2D eigenvalue weighted by Gasteiger charge is -2.31. The summed E-state index contributed by atoms with van der Waals surface area (Å²) in [6.45, 7) is 4.67. The zero-order valence-electron chi connectivity index (χ0n) is 10.7. The molecule has 0 aromatic carbocycles. The van der Waals surface area contributed by atoms with Gasteiger partial charge in [0.2, 0.25) is 0 Å². The SMILES string of the molecule is CCN(CCCO)C(=O)N1C(C)SCC1C(=O)O. The van der Waals surface area contributed by atoms with E-state index in [0.717, 1.165) is 0 Å². The van der Waals surface area contributed by atoms with E-state index in [1.54, 1.807) is 4.90 Å². The van der Waals surface area contributed by atoms with E-state index in [-0.39, 0.29) is 18.0 Å². The second-order valence-corrected chi connectivity index (χ2v) is 5.48. The van der Waals surface area contributed by atoms with Gasteiger partial charge in [-0.1, -0.05) is 0 Å². The molecule has 104 valence electrons. The van der Waals surface area contributed by atoms with E-state index >= 15 is 0 Å². The van der Waals surface area contributed by atoms with Crippen molar-refractivity contribution in [1.29, 1.82) is 0 Å². The van der Waals surface area contributed by atoms with Crippen molar-refractivity contribution in [3.05, 3.63) is 0 Å². The van der Waals surface area contributed by atoms with Crippen molar-refractivity contribution < 1.29 is 19.8 Å². The molecule has 0 aromatic heterocycles. The Morgan fingerprint density at radius 2 is 2.17 bits per heavy atom. The van der Waals surface area contributed by atoms with E-state index in [1.165, 1.54) is 16.7 Å². The fourth-order valence-electron chi connectivity index (χ4n) is 1.94. The zero-order chi connectivity index (χ0) is 13.7. The van der Waals surface area contributed by atoms with Gasteiger partial charge in [-0.3, -0.25) is 4.90 Å². The van der Waals surface area contributed by atoms with E-state index in [9.17, 15) is 9.59 Å². The molecular formula is C11H20N2O4S. The van der Waals surface area contributed by atoms with Crippen LogP contribution in [0.4, 0.5) is 4.79 Å². The van der Waals surface area contributed by atoms with Crippen LogP contribution in [0.2, 0.25) is 0 Å². The minimum absolute atomic E-state index is 0.0242. The van der Waals surface area contributed by atoms with E-state index < -0.39 is 12.0 Å². The normalized spacial score (nSPS) is 23.2. The lowest BCUT2D eigenvalue weighted by Crippen LogP contribution is -2.51. The Labute approximate surface area is 111 Å². The lowest BCUT2D eigenvalue weighted by atomic mass is 10.3. The molecule has 6 nitrogen and oxygen atoms in total. The standard InChI is InChI=1S/C11H20N2O4S/c1-3-12(5-4-6-14)11(17)13-8(2)18-7-9(13)10(15)16/h8-9,14H,3-7H2,1-2H3,(H,15,16). The summed E-state index contributed by atoms with van der Waals surface area (Å²) in [5, 5.41) is 17.8. The summed E-state index contributed by atoms with van der Waals surface area (Å²) < 4.78 is 0. The van der Waals surface area contributed by atoms with Crippen LogP contribution in [0.1, 0.15) is 20.3 Å². The molecule has 0 aliphatic carbocycles. The van der Waals surface area contributed by atoms with Gasteiger partial charge in [0.15, 0.2) is 0 Å². The zero-order valence-corrected chi connectivity index (χ0v) is 11.5. The molecule has 2 N–H and O–H groups in total. The first-order valence-electron chi connectivity index (χ1n) is 6.05. The minimum atomic E-state index is -0.960. The third kappa shape index (κ3) is 3.29. The van der Waals surface area contributed by atoms with Crippen LogP contribution in [-0.4, -0.2) is 68.9 Å². The van der Waals surface area contributed by atoms with E-state index in [2.05, 4.69) is 0 Å². The summed E-state index contributed by atoms with van der Waals surface area (Å²) in [6, 6.07) is -1.00. The molecule has 18 heavy (non-hydrogen) atoms. The molecule has 2 atom stereocenters. The average molecular weight is 276 g/mol. The maximum atomic E-state index is 12.3. The molecule has 2 unspecified atom stereocenters. The Morgan fingerprint density at radius 1 is 1.50 bits per heavy atom. The van der Waals surface area contributed by atoms with Gasteiger partial charge in [-0.05, 0) is 20.3 Å². The molecule has 1 rings (SSSR count). The Bertz CT molecular complexity index is 313. The van der Waals surface area contributed by atoms with Gasteiger partial charge in [0.1, 0.15) is 6.04 Å². The second-order valence-electron chi connectivity index (χ2n) is 4.13. The second kappa shape index (κ2) is 6.84. The van der Waals surface area contributed by atoms with Crippen LogP contribution < -0.4 is 0 Å². The highest BCUT2D eigenvalue weighted by atomic mass is 32.2. The number of hydrogen-bond donors (Lipinski definition) is 2.